The maximum Gasteiger partial charge on any atom is 0.251 e. The van der Waals surface area contributed by atoms with Crippen LogP contribution in [0.3, 0.4) is 0 Å². The van der Waals surface area contributed by atoms with E-state index in [-0.39, 0.29) is 46.9 Å². The Morgan fingerprint density at radius 2 is 1.84 bits per heavy atom. The van der Waals surface area contributed by atoms with Gasteiger partial charge in [0.15, 0.2) is 0 Å². The summed E-state index contributed by atoms with van der Waals surface area (Å²) in [7, 11) is 0. The summed E-state index contributed by atoms with van der Waals surface area (Å²) in [6.07, 6.45) is 8.75. The van der Waals surface area contributed by atoms with E-state index in [9.17, 15) is 14.7 Å². The Hall–Kier alpha value is -1.95. The van der Waals surface area contributed by atoms with E-state index in [1.807, 2.05) is 11.8 Å². The van der Waals surface area contributed by atoms with Gasteiger partial charge in [-0.15, -0.1) is 0 Å². The number of hydrogen-bond acceptors (Lipinski definition) is 4. The Morgan fingerprint density at radius 3 is 2.52 bits per heavy atom. The smallest absolute Gasteiger partial charge is 0.251 e. The van der Waals surface area contributed by atoms with Crippen molar-refractivity contribution < 1.29 is 14.7 Å². The van der Waals surface area contributed by atoms with Gasteiger partial charge in [-0.05, 0) is 73.8 Å². The fraction of sp³-hybridized carbons (Fsp3) is 0.720. The molecule has 0 bridgehead atoms. The van der Waals surface area contributed by atoms with E-state index in [2.05, 4.69) is 24.1 Å². The van der Waals surface area contributed by atoms with Crippen molar-refractivity contribution in [1.82, 2.24) is 15.2 Å². The molecule has 1 aromatic heterocycles. The minimum Gasteiger partial charge on any atom is -0.392 e. The van der Waals surface area contributed by atoms with Crippen LogP contribution in [-0.2, 0) is 4.79 Å². The van der Waals surface area contributed by atoms with E-state index in [1.165, 1.54) is 0 Å². The summed E-state index contributed by atoms with van der Waals surface area (Å²) < 4.78 is 0. The minimum atomic E-state index is -0.518. The topological polar surface area (TPSA) is 82.5 Å². The zero-order valence-corrected chi connectivity index (χ0v) is 19.1. The molecule has 4 rings (SSSR count). The number of pyridine rings is 1. The average molecular weight is 428 g/mol. The zero-order valence-electron chi connectivity index (χ0n) is 19.1. The molecule has 2 N–H and O–H groups in total. The van der Waals surface area contributed by atoms with Crippen LogP contribution >= 0.6 is 0 Å². The van der Waals surface area contributed by atoms with Gasteiger partial charge < -0.3 is 15.3 Å². The van der Waals surface area contributed by atoms with Gasteiger partial charge in [-0.2, -0.15) is 0 Å². The molecule has 0 radical (unpaired) electrons. The molecule has 2 heterocycles. The van der Waals surface area contributed by atoms with Crippen LogP contribution in [0.1, 0.15) is 69.7 Å². The van der Waals surface area contributed by atoms with Crippen LogP contribution in [-0.4, -0.2) is 52.0 Å². The first-order valence-corrected chi connectivity index (χ1v) is 12.0. The van der Waals surface area contributed by atoms with Gasteiger partial charge in [-0.25, -0.2) is 0 Å². The predicted octanol–water partition coefficient (Wildman–Crippen LogP) is 3.26. The number of nitrogens with one attached hydrogen (secondary N) is 1. The van der Waals surface area contributed by atoms with Crippen molar-refractivity contribution in [3.05, 3.63) is 30.1 Å². The molecule has 0 aromatic carbocycles. The molecule has 1 aliphatic heterocycles. The molecule has 1 aromatic rings. The van der Waals surface area contributed by atoms with Crippen molar-refractivity contribution in [3.8, 4) is 0 Å². The highest BCUT2D eigenvalue weighted by Crippen LogP contribution is 2.55. The number of nitrogens with zero attached hydrogens (tertiary/aromatic N) is 2. The SMILES string of the molecule is CC(C(=O)N1CCCC1)C1CCC2(C)CCC(NC(=O)c3ccncc3)C(C)C2C1O. The Kier molecular flexibility index (Phi) is 6.38. The fourth-order valence-corrected chi connectivity index (χ4v) is 6.66. The summed E-state index contributed by atoms with van der Waals surface area (Å²) in [5.74, 6) is 0.186. The first-order chi connectivity index (χ1) is 14.8. The van der Waals surface area contributed by atoms with E-state index in [4.69, 9.17) is 0 Å². The van der Waals surface area contributed by atoms with Gasteiger partial charge in [0.1, 0.15) is 0 Å². The van der Waals surface area contributed by atoms with Crippen LogP contribution in [0.4, 0.5) is 0 Å². The van der Waals surface area contributed by atoms with Crippen molar-refractivity contribution in [2.45, 2.75) is 71.4 Å². The average Bonchev–Trinajstić information content (AvgIpc) is 3.30. The van der Waals surface area contributed by atoms with E-state index in [1.54, 1.807) is 24.5 Å². The van der Waals surface area contributed by atoms with Crippen LogP contribution in [0.5, 0.6) is 0 Å². The quantitative estimate of drug-likeness (QED) is 0.773. The lowest BCUT2D eigenvalue weighted by Crippen LogP contribution is -2.58. The Morgan fingerprint density at radius 1 is 1.19 bits per heavy atom. The number of aliphatic hydroxyl groups excluding tert-OH is 1. The van der Waals surface area contributed by atoms with Crippen molar-refractivity contribution in [2.75, 3.05) is 13.1 Å². The van der Waals surface area contributed by atoms with Gasteiger partial charge in [0, 0.05) is 43.0 Å². The maximum absolute atomic E-state index is 13.0. The number of aromatic nitrogens is 1. The number of hydrogen-bond donors (Lipinski definition) is 2. The summed E-state index contributed by atoms with van der Waals surface area (Å²) in [6.45, 7) is 8.17. The molecular formula is C25H37N3O3. The van der Waals surface area contributed by atoms with E-state index in [0.29, 0.717) is 5.56 Å². The van der Waals surface area contributed by atoms with Gasteiger partial charge in [-0.1, -0.05) is 20.8 Å². The molecule has 2 saturated carbocycles. The van der Waals surface area contributed by atoms with Crippen molar-refractivity contribution >= 4 is 11.8 Å². The molecule has 6 heteroatoms. The van der Waals surface area contributed by atoms with E-state index >= 15 is 0 Å². The predicted molar refractivity (Wildman–Crippen MR) is 119 cm³/mol. The summed E-state index contributed by atoms with van der Waals surface area (Å²) in [5, 5.41) is 14.8. The molecular weight excluding hydrogens is 390 g/mol. The summed E-state index contributed by atoms with van der Waals surface area (Å²) in [6, 6.07) is 3.48. The molecule has 3 aliphatic rings. The Bertz CT molecular complexity index is 794. The fourth-order valence-electron chi connectivity index (χ4n) is 6.66. The molecule has 0 spiro atoms. The van der Waals surface area contributed by atoms with Crippen LogP contribution in [0.25, 0.3) is 0 Å². The highest BCUT2D eigenvalue weighted by Gasteiger charge is 2.54. The normalized spacial score (nSPS) is 36.5. The molecule has 31 heavy (non-hydrogen) atoms. The van der Waals surface area contributed by atoms with Gasteiger partial charge >= 0.3 is 0 Å². The molecule has 3 fully saturated rings. The highest BCUT2D eigenvalue weighted by molar-refractivity contribution is 5.94. The van der Waals surface area contributed by atoms with Crippen molar-refractivity contribution in [3.63, 3.8) is 0 Å². The van der Waals surface area contributed by atoms with Gasteiger partial charge in [-0.3, -0.25) is 14.6 Å². The molecule has 2 amide bonds. The number of likely N-dealkylation sites (tertiary alicyclic amines) is 1. The Balaban J connectivity index is 1.48. The second-order valence-corrected chi connectivity index (χ2v) is 10.4. The number of carbonyl (C=O) groups is 2. The second-order valence-electron chi connectivity index (χ2n) is 10.4. The number of aliphatic hydroxyl groups is 1. The molecule has 7 unspecified atom stereocenters. The van der Waals surface area contributed by atoms with Gasteiger partial charge in [0.05, 0.1) is 6.10 Å². The number of rotatable bonds is 4. The molecule has 2 aliphatic carbocycles. The third-order valence-corrected chi connectivity index (χ3v) is 8.60. The standard InChI is InChI=1S/C25H37N3O3/c1-16(24(31)28-14-4-5-15-28)19-6-10-25(3)11-7-20(17(2)21(25)22(19)29)27-23(30)18-8-12-26-13-9-18/h8-9,12-13,16-17,19-22,29H,4-7,10-11,14-15H2,1-3H3,(H,27,30). The van der Waals surface area contributed by atoms with E-state index < -0.39 is 6.10 Å². The lowest BCUT2D eigenvalue weighted by molar-refractivity contribution is -0.149. The van der Waals surface area contributed by atoms with Crippen LogP contribution in [0.2, 0.25) is 0 Å². The lowest BCUT2D eigenvalue weighted by atomic mass is 9.51. The zero-order chi connectivity index (χ0) is 22.2. The van der Waals surface area contributed by atoms with Crippen molar-refractivity contribution in [1.29, 1.82) is 0 Å². The van der Waals surface area contributed by atoms with E-state index in [0.717, 1.165) is 51.6 Å². The first-order valence-electron chi connectivity index (χ1n) is 12.0. The third kappa shape index (κ3) is 4.23. The van der Waals surface area contributed by atoms with Crippen LogP contribution < -0.4 is 5.32 Å². The molecule has 6 nitrogen and oxygen atoms in total. The summed E-state index contributed by atoms with van der Waals surface area (Å²) in [4.78, 5) is 31.7. The molecule has 7 atom stereocenters. The number of carbonyl (C=O) groups excluding carboxylic acids is 2. The Labute approximate surface area is 185 Å². The second kappa shape index (κ2) is 8.89. The minimum absolute atomic E-state index is 0.0109. The van der Waals surface area contributed by atoms with Gasteiger partial charge in [0.2, 0.25) is 5.91 Å². The highest BCUT2D eigenvalue weighted by atomic mass is 16.3. The largest absolute Gasteiger partial charge is 0.392 e. The first kappa shape index (κ1) is 22.3. The lowest BCUT2D eigenvalue weighted by Gasteiger charge is -2.56. The third-order valence-electron chi connectivity index (χ3n) is 8.60. The number of fused-ring (bicyclic) bond motifs is 1. The van der Waals surface area contributed by atoms with Crippen LogP contribution in [0, 0.1) is 29.1 Å². The molecule has 170 valence electrons. The van der Waals surface area contributed by atoms with Crippen LogP contribution in [0.15, 0.2) is 24.5 Å². The molecule has 1 saturated heterocycles. The number of amides is 2. The monoisotopic (exact) mass is 427 g/mol. The summed E-state index contributed by atoms with van der Waals surface area (Å²) >= 11 is 0. The van der Waals surface area contributed by atoms with Gasteiger partial charge in [0.25, 0.3) is 5.91 Å². The van der Waals surface area contributed by atoms with Crippen molar-refractivity contribution in [2.24, 2.45) is 29.1 Å². The maximum atomic E-state index is 13.0. The summed E-state index contributed by atoms with van der Waals surface area (Å²) in [5.41, 5.74) is 0.673.